The molecule has 3 rings (SSSR count). The van der Waals surface area contributed by atoms with Crippen LogP contribution in [-0.4, -0.2) is 36.4 Å². The third-order valence-electron chi connectivity index (χ3n) is 4.80. The van der Waals surface area contributed by atoms with E-state index in [0.29, 0.717) is 16.5 Å². The second kappa shape index (κ2) is 8.02. The number of carbonyl (C=O) groups is 1. The zero-order valence-corrected chi connectivity index (χ0v) is 18.5. The Morgan fingerprint density at radius 2 is 1.53 bits per heavy atom. The van der Waals surface area contributed by atoms with Crippen molar-refractivity contribution in [1.29, 1.82) is 0 Å². The summed E-state index contributed by atoms with van der Waals surface area (Å²) in [6, 6.07) is 12.7. The smallest absolute Gasteiger partial charge is 0.279 e. The fourth-order valence-corrected chi connectivity index (χ4v) is 3.96. The lowest BCUT2D eigenvalue weighted by molar-refractivity contribution is 0.0974. The van der Waals surface area contributed by atoms with Crippen LogP contribution < -0.4 is 10.5 Å². The Kier molecular flexibility index (Phi) is 5.81. The van der Waals surface area contributed by atoms with Crippen LogP contribution in [0.25, 0.3) is 10.8 Å². The van der Waals surface area contributed by atoms with E-state index in [1.807, 2.05) is 27.7 Å². The molecule has 0 saturated carbocycles. The minimum absolute atomic E-state index is 0.180. The number of hydrogen-bond donors (Lipinski definition) is 0. The van der Waals surface area contributed by atoms with Crippen molar-refractivity contribution in [2.45, 2.75) is 44.7 Å². The number of nitrogens with zero attached hydrogens (tertiary/aromatic N) is 3. The molecule has 158 valence electrons. The van der Waals surface area contributed by atoms with E-state index >= 15 is 0 Å². The Morgan fingerprint density at radius 1 is 0.967 bits per heavy atom. The number of amides is 1. The first kappa shape index (κ1) is 21.7. The molecule has 0 unspecified atom stereocenters. The van der Waals surface area contributed by atoms with Gasteiger partial charge in [0.05, 0.1) is 16.3 Å². The number of carbonyl (C=O) groups excluding carboxylic acids is 1. The first-order valence-corrected chi connectivity index (χ1v) is 11.6. The number of hydrogen-bond acceptors (Lipinski definition) is 5. The van der Waals surface area contributed by atoms with Gasteiger partial charge in [0.1, 0.15) is 0 Å². The molecule has 0 fully saturated rings. The van der Waals surface area contributed by atoms with Crippen molar-refractivity contribution in [3.63, 3.8) is 0 Å². The van der Waals surface area contributed by atoms with Gasteiger partial charge in [-0.25, -0.2) is 13.1 Å². The highest BCUT2D eigenvalue weighted by Crippen LogP contribution is 2.24. The third kappa shape index (κ3) is 4.00. The summed E-state index contributed by atoms with van der Waals surface area (Å²) in [6.07, 6.45) is 1.14. The van der Waals surface area contributed by atoms with Crippen LogP contribution in [0.2, 0.25) is 0 Å². The normalized spacial score (nSPS) is 12.0. The van der Waals surface area contributed by atoms with E-state index in [0.717, 1.165) is 6.26 Å². The molecule has 1 heterocycles. The molecule has 0 aliphatic heterocycles. The van der Waals surface area contributed by atoms with Gasteiger partial charge in [-0.15, -0.1) is 0 Å². The van der Waals surface area contributed by atoms with Gasteiger partial charge in [0.15, 0.2) is 15.5 Å². The lowest BCUT2D eigenvalue weighted by Gasteiger charge is -2.27. The van der Waals surface area contributed by atoms with Crippen LogP contribution in [-0.2, 0) is 9.84 Å². The molecule has 2 aromatic carbocycles. The number of sulfone groups is 1. The topological polar surface area (TPSA) is 89.3 Å². The summed E-state index contributed by atoms with van der Waals surface area (Å²) >= 11 is 0. The first-order chi connectivity index (χ1) is 14.0. The second-order valence-electron chi connectivity index (χ2n) is 7.77. The summed E-state index contributed by atoms with van der Waals surface area (Å²) in [7, 11) is -3.34. The van der Waals surface area contributed by atoms with Gasteiger partial charge in [-0.05, 0) is 58.0 Å². The number of fused-ring (bicyclic) bond motifs is 1. The molecule has 8 heteroatoms. The molecule has 0 aliphatic carbocycles. The van der Waals surface area contributed by atoms with Crippen molar-refractivity contribution < 1.29 is 13.2 Å². The average Bonchev–Trinajstić information content (AvgIpc) is 2.67. The van der Waals surface area contributed by atoms with Crippen LogP contribution in [0, 0.1) is 0 Å². The van der Waals surface area contributed by atoms with Crippen molar-refractivity contribution in [2.75, 3.05) is 11.2 Å². The van der Waals surface area contributed by atoms with Gasteiger partial charge in [-0.3, -0.25) is 9.59 Å². The Balaban J connectivity index is 2.19. The maximum atomic E-state index is 13.6. The molecule has 0 aliphatic rings. The van der Waals surface area contributed by atoms with E-state index in [1.54, 1.807) is 41.3 Å². The Hall–Kier alpha value is -3.00. The molecule has 0 saturated heterocycles. The monoisotopic (exact) mass is 427 g/mol. The summed E-state index contributed by atoms with van der Waals surface area (Å²) in [5, 5.41) is 5.32. The molecule has 0 bridgehead atoms. The number of aromatic nitrogens is 2. The largest absolute Gasteiger partial charge is 0.304 e. The summed E-state index contributed by atoms with van der Waals surface area (Å²) in [5.41, 5.74) is 0.487. The minimum Gasteiger partial charge on any atom is -0.304 e. The quantitative estimate of drug-likeness (QED) is 0.622. The zero-order chi connectivity index (χ0) is 22.2. The second-order valence-corrected chi connectivity index (χ2v) is 9.79. The molecule has 0 spiro atoms. The molecule has 1 aromatic heterocycles. The van der Waals surface area contributed by atoms with Crippen molar-refractivity contribution >= 4 is 32.2 Å². The molecule has 0 N–H and O–H groups in total. The van der Waals surface area contributed by atoms with Crippen molar-refractivity contribution in [3.8, 4) is 0 Å². The Bertz CT molecular complexity index is 1260. The zero-order valence-electron chi connectivity index (χ0n) is 17.7. The highest BCUT2D eigenvalue weighted by Gasteiger charge is 2.26. The lowest BCUT2D eigenvalue weighted by atomic mass is 10.1. The van der Waals surface area contributed by atoms with Crippen LogP contribution in [0.3, 0.4) is 0 Å². The molecule has 1 amide bonds. The highest BCUT2D eigenvalue weighted by molar-refractivity contribution is 7.90. The van der Waals surface area contributed by atoms with E-state index < -0.39 is 9.84 Å². The van der Waals surface area contributed by atoms with Crippen LogP contribution in [0.1, 0.15) is 44.2 Å². The maximum Gasteiger partial charge on any atom is 0.279 e. The molecule has 3 aromatic rings. The van der Waals surface area contributed by atoms with Crippen LogP contribution in [0.15, 0.2) is 58.2 Å². The summed E-state index contributed by atoms with van der Waals surface area (Å²) in [6.45, 7) is 7.40. The first-order valence-electron chi connectivity index (χ1n) is 9.67. The van der Waals surface area contributed by atoms with E-state index in [-0.39, 0.29) is 34.1 Å². The Morgan fingerprint density at radius 3 is 2.03 bits per heavy atom. The molecule has 7 nitrogen and oxygen atoms in total. The summed E-state index contributed by atoms with van der Waals surface area (Å²) in [5.74, 6) is -0.359. The number of rotatable bonds is 5. The average molecular weight is 428 g/mol. The molecule has 30 heavy (non-hydrogen) atoms. The fraction of sp³-hybridized carbons (Fsp3) is 0.318. The highest BCUT2D eigenvalue weighted by atomic mass is 32.2. The van der Waals surface area contributed by atoms with Crippen molar-refractivity contribution in [1.82, 2.24) is 9.78 Å². The van der Waals surface area contributed by atoms with Gasteiger partial charge >= 0.3 is 0 Å². The predicted octanol–water partition coefficient (Wildman–Crippen LogP) is 3.44. The summed E-state index contributed by atoms with van der Waals surface area (Å²) in [4.78, 5) is 28.1. The van der Waals surface area contributed by atoms with Gasteiger partial charge in [-0.2, -0.15) is 5.10 Å². The lowest BCUT2D eigenvalue weighted by Crippen LogP contribution is -2.39. The fourth-order valence-electron chi connectivity index (χ4n) is 3.33. The van der Waals surface area contributed by atoms with Crippen LogP contribution in [0.5, 0.6) is 0 Å². The van der Waals surface area contributed by atoms with Crippen LogP contribution in [0.4, 0.5) is 5.69 Å². The van der Waals surface area contributed by atoms with Gasteiger partial charge < -0.3 is 4.90 Å². The standard InChI is InChI=1S/C22H25N3O4S/c1-14(2)24(16-10-12-17(13-11-16)30(5,28)29)22(27)20-18-8-6-7-9-19(18)21(26)25(23-20)15(3)4/h6-15H,1-5H3. The van der Waals surface area contributed by atoms with Gasteiger partial charge in [0.25, 0.3) is 11.5 Å². The maximum absolute atomic E-state index is 13.6. The van der Waals surface area contributed by atoms with Crippen molar-refractivity contribution in [2.24, 2.45) is 0 Å². The van der Waals surface area contributed by atoms with E-state index in [1.165, 1.54) is 16.8 Å². The van der Waals surface area contributed by atoms with E-state index in [4.69, 9.17) is 0 Å². The SMILES string of the molecule is CC(C)N(C(=O)c1nn(C(C)C)c(=O)c2ccccc12)c1ccc(S(C)(=O)=O)cc1. The van der Waals surface area contributed by atoms with Gasteiger partial charge in [0.2, 0.25) is 0 Å². The van der Waals surface area contributed by atoms with E-state index in [9.17, 15) is 18.0 Å². The number of anilines is 1. The number of benzene rings is 2. The minimum atomic E-state index is -3.34. The van der Waals surface area contributed by atoms with Crippen molar-refractivity contribution in [3.05, 3.63) is 64.6 Å². The third-order valence-corrected chi connectivity index (χ3v) is 5.93. The molecular formula is C22H25N3O4S. The van der Waals surface area contributed by atoms with Crippen LogP contribution >= 0.6 is 0 Å². The molecule has 0 atom stereocenters. The molecule has 0 radical (unpaired) electrons. The predicted molar refractivity (Wildman–Crippen MR) is 118 cm³/mol. The Labute approximate surface area is 175 Å². The van der Waals surface area contributed by atoms with E-state index in [2.05, 4.69) is 5.10 Å². The van der Waals surface area contributed by atoms with Gasteiger partial charge in [0, 0.05) is 23.4 Å². The van der Waals surface area contributed by atoms with Gasteiger partial charge in [-0.1, -0.05) is 18.2 Å². The summed E-state index contributed by atoms with van der Waals surface area (Å²) < 4.78 is 24.8. The molecular weight excluding hydrogens is 402 g/mol.